The van der Waals surface area contributed by atoms with E-state index >= 15 is 0 Å². The van der Waals surface area contributed by atoms with E-state index in [0.29, 0.717) is 0 Å². The molecule has 0 spiro atoms. The lowest BCUT2D eigenvalue weighted by molar-refractivity contribution is 0.356. The number of hydrogen-bond acceptors (Lipinski definition) is 0. The molecule has 28 heavy (non-hydrogen) atoms. The Morgan fingerprint density at radius 3 is 1.89 bits per heavy atom. The molecule has 0 aromatic heterocycles. The fourth-order valence-corrected chi connectivity index (χ4v) is 5.45. The van der Waals surface area contributed by atoms with Gasteiger partial charge in [-0.25, -0.2) is 0 Å². The molecule has 152 valence electrons. The molecule has 0 atom stereocenters. The second kappa shape index (κ2) is 12.0. The maximum Gasteiger partial charge on any atom is 0.00237 e. The van der Waals surface area contributed by atoms with Crippen LogP contribution in [0.4, 0.5) is 0 Å². The number of halogens is 1. The molecular weight excluding hydrogens is 451 g/mol. The monoisotopic (exact) mass is 488 g/mol. The van der Waals surface area contributed by atoms with Gasteiger partial charge in [-0.05, 0) is 72.6 Å². The Bertz CT molecular complexity index is 662. The Morgan fingerprint density at radius 2 is 1.29 bits per heavy atom. The first-order valence-electron chi connectivity index (χ1n) is 11.6. The van der Waals surface area contributed by atoms with E-state index in [2.05, 4.69) is 78.0 Å². The zero-order valence-corrected chi connectivity index (χ0v) is 19.8. The fraction of sp³-hybridized carbons (Fsp3) is 0.556. The summed E-state index contributed by atoms with van der Waals surface area (Å²) in [4.78, 5) is 0. The molecule has 1 heteroatoms. The zero-order valence-electron chi connectivity index (χ0n) is 17.6. The van der Waals surface area contributed by atoms with Gasteiger partial charge in [0.15, 0.2) is 0 Å². The first-order chi connectivity index (χ1) is 13.8. The third kappa shape index (κ3) is 6.61. The smallest absolute Gasteiger partial charge is 0.00237 e. The number of rotatable bonds is 10. The predicted octanol–water partition coefficient (Wildman–Crippen LogP) is 8.97. The second-order valence-corrected chi connectivity index (χ2v) is 9.59. The topological polar surface area (TPSA) is 0 Å². The molecule has 0 N–H and O–H groups in total. The van der Waals surface area contributed by atoms with Gasteiger partial charge < -0.3 is 0 Å². The molecule has 3 rings (SSSR count). The lowest BCUT2D eigenvalue weighted by atomic mass is 9.79. The van der Waals surface area contributed by atoms with Gasteiger partial charge in [-0.2, -0.15) is 0 Å². The zero-order chi connectivity index (χ0) is 19.6. The van der Waals surface area contributed by atoms with Crippen molar-refractivity contribution in [1.82, 2.24) is 0 Å². The van der Waals surface area contributed by atoms with Crippen molar-refractivity contribution in [3.8, 4) is 11.1 Å². The Balaban J connectivity index is 1.48. The molecule has 1 aliphatic carbocycles. The van der Waals surface area contributed by atoms with Gasteiger partial charge >= 0.3 is 0 Å². The van der Waals surface area contributed by atoms with Crippen LogP contribution in [-0.2, 0) is 6.42 Å². The molecule has 0 nitrogen and oxygen atoms in total. The molecule has 0 aliphatic heterocycles. The highest BCUT2D eigenvalue weighted by Crippen LogP contribution is 2.37. The third-order valence-corrected chi connectivity index (χ3v) is 7.80. The van der Waals surface area contributed by atoms with E-state index < -0.39 is 0 Å². The molecule has 0 unspecified atom stereocenters. The summed E-state index contributed by atoms with van der Waals surface area (Å²) in [6.45, 7) is 2.28. The van der Waals surface area contributed by atoms with Crippen molar-refractivity contribution in [3.63, 3.8) is 0 Å². The number of hydrogen-bond donors (Lipinski definition) is 0. The van der Waals surface area contributed by atoms with Crippen LogP contribution in [0.5, 0.6) is 0 Å². The molecule has 0 radical (unpaired) electrons. The van der Waals surface area contributed by atoms with Crippen LogP contribution in [0.3, 0.4) is 0 Å². The van der Waals surface area contributed by atoms with Gasteiger partial charge in [0.25, 0.3) is 0 Å². The largest absolute Gasteiger partial charge is 0.0861 e. The Kier molecular flexibility index (Phi) is 9.37. The van der Waals surface area contributed by atoms with Crippen molar-refractivity contribution >= 4 is 22.6 Å². The Labute approximate surface area is 186 Å². The van der Waals surface area contributed by atoms with E-state index in [4.69, 9.17) is 0 Å². The van der Waals surface area contributed by atoms with Crippen LogP contribution in [0.2, 0.25) is 0 Å². The average Bonchev–Trinajstić information content (AvgIpc) is 2.77. The van der Waals surface area contributed by atoms with Gasteiger partial charge in [0.05, 0.1) is 0 Å². The summed E-state index contributed by atoms with van der Waals surface area (Å²) in [6.07, 6.45) is 15.1. The maximum atomic E-state index is 2.56. The molecule has 0 amide bonds. The molecule has 2 aromatic rings. The van der Waals surface area contributed by atoms with Crippen molar-refractivity contribution in [1.29, 1.82) is 0 Å². The molecule has 0 saturated heterocycles. The van der Waals surface area contributed by atoms with Gasteiger partial charge in [-0.1, -0.05) is 110 Å². The predicted molar refractivity (Wildman–Crippen MR) is 133 cm³/mol. The quantitative estimate of drug-likeness (QED) is 0.178. The maximum absolute atomic E-state index is 2.56. The van der Waals surface area contributed by atoms with E-state index in [0.717, 1.165) is 11.8 Å². The van der Waals surface area contributed by atoms with E-state index in [-0.39, 0.29) is 0 Å². The van der Waals surface area contributed by atoms with Crippen LogP contribution in [0, 0.1) is 5.92 Å². The van der Waals surface area contributed by atoms with Crippen LogP contribution < -0.4 is 0 Å². The number of alkyl halides is 1. The van der Waals surface area contributed by atoms with Gasteiger partial charge in [0.1, 0.15) is 0 Å². The molecule has 2 aromatic carbocycles. The third-order valence-electron chi connectivity index (χ3n) is 6.55. The summed E-state index contributed by atoms with van der Waals surface area (Å²) in [5.74, 6) is 1.75. The Morgan fingerprint density at radius 1 is 0.714 bits per heavy atom. The summed E-state index contributed by atoms with van der Waals surface area (Å²) in [7, 11) is 0. The van der Waals surface area contributed by atoms with Crippen LogP contribution in [0.25, 0.3) is 11.1 Å². The van der Waals surface area contributed by atoms with E-state index in [9.17, 15) is 0 Å². The van der Waals surface area contributed by atoms with Crippen LogP contribution in [0.1, 0.15) is 88.2 Å². The highest BCUT2D eigenvalue weighted by atomic mass is 127. The first-order valence-corrected chi connectivity index (χ1v) is 13.1. The number of aryl methyl sites for hydroxylation is 1. The molecule has 0 heterocycles. The van der Waals surface area contributed by atoms with Crippen molar-refractivity contribution in [2.75, 3.05) is 4.43 Å². The SMILES string of the molecule is CCCCCCCCc1ccc(-c2ccc(C3CCC(CI)CC3)cc2)cc1. The summed E-state index contributed by atoms with van der Waals surface area (Å²) in [5, 5.41) is 0. The summed E-state index contributed by atoms with van der Waals surface area (Å²) < 4.78 is 1.33. The fourth-order valence-electron chi connectivity index (χ4n) is 4.57. The molecular formula is C27H37I. The van der Waals surface area contributed by atoms with Gasteiger partial charge in [0.2, 0.25) is 0 Å². The first kappa shape index (κ1) is 21.9. The lowest BCUT2D eigenvalue weighted by Crippen LogP contribution is -2.14. The number of unbranched alkanes of at least 4 members (excludes halogenated alkanes) is 5. The van der Waals surface area contributed by atoms with Gasteiger partial charge in [-0.3, -0.25) is 0 Å². The van der Waals surface area contributed by atoms with Gasteiger partial charge in [0, 0.05) is 4.43 Å². The summed E-state index contributed by atoms with van der Waals surface area (Å²) in [5.41, 5.74) is 5.75. The summed E-state index contributed by atoms with van der Waals surface area (Å²) >= 11 is 2.56. The average molecular weight is 488 g/mol. The normalized spacial score (nSPS) is 19.6. The lowest BCUT2D eigenvalue weighted by Gasteiger charge is -2.27. The highest BCUT2D eigenvalue weighted by molar-refractivity contribution is 14.1. The standard InChI is InChI=1S/C27H37I/c1-2-3-4-5-6-7-8-22-9-13-24(14-10-22)26-17-19-27(20-18-26)25-15-11-23(21-28)12-16-25/h9-10,13-14,17-20,23,25H,2-8,11-12,15-16,21H2,1H3. The van der Waals surface area contributed by atoms with Crippen LogP contribution in [0.15, 0.2) is 48.5 Å². The van der Waals surface area contributed by atoms with Crippen molar-refractivity contribution < 1.29 is 0 Å². The van der Waals surface area contributed by atoms with E-state index in [1.165, 1.54) is 91.7 Å². The minimum Gasteiger partial charge on any atom is -0.0861 e. The molecule has 1 saturated carbocycles. The molecule has 1 aliphatic rings. The van der Waals surface area contributed by atoms with Crippen molar-refractivity contribution in [3.05, 3.63) is 59.7 Å². The van der Waals surface area contributed by atoms with Crippen molar-refractivity contribution in [2.24, 2.45) is 5.92 Å². The minimum atomic E-state index is 0.785. The number of benzene rings is 2. The van der Waals surface area contributed by atoms with Crippen LogP contribution >= 0.6 is 22.6 Å². The summed E-state index contributed by atoms with van der Waals surface area (Å²) in [6, 6.07) is 18.7. The highest BCUT2D eigenvalue weighted by Gasteiger charge is 2.21. The molecule has 0 bridgehead atoms. The van der Waals surface area contributed by atoms with Crippen molar-refractivity contribution in [2.45, 2.75) is 83.5 Å². The van der Waals surface area contributed by atoms with E-state index in [1.54, 1.807) is 5.56 Å². The Hall–Kier alpha value is -0.830. The van der Waals surface area contributed by atoms with Gasteiger partial charge in [-0.15, -0.1) is 0 Å². The molecule has 1 fully saturated rings. The van der Waals surface area contributed by atoms with Crippen LogP contribution in [-0.4, -0.2) is 4.43 Å². The van der Waals surface area contributed by atoms with E-state index in [1.807, 2.05) is 0 Å². The minimum absolute atomic E-state index is 0.785. The second-order valence-electron chi connectivity index (χ2n) is 8.71.